The fourth-order valence-electron chi connectivity index (χ4n) is 9.25. The molecule has 0 aliphatic heterocycles. The first kappa shape index (κ1) is 51.8. The predicted octanol–water partition coefficient (Wildman–Crippen LogP) is 17.3. The molecule has 0 radical (unpaired) electrons. The van der Waals surface area contributed by atoms with Crippen LogP contribution in [0.3, 0.4) is 0 Å². The smallest absolute Gasteiger partial charge is 0.185 e. The summed E-state index contributed by atoms with van der Waals surface area (Å²) in [6, 6.07) is 0. The first-order chi connectivity index (χ1) is 26.1. The maximum atomic E-state index is 12.5. The van der Waals surface area contributed by atoms with Gasteiger partial charge in [-0.05, 0) is 86.0 Å². The molecule has 0 saturated carbocycles. The zero-order valence-corrected chi connectivity index (χ0v) is 39.5. The van der Waals surface area contributed by atoms with Gasteiger partial charge in [0.25, 0.3) is 0 Å². The lowest BCUT2D eigenvalue weighted by Crippen LogP contribution is -2.17. The van der Waals surface area contributed by atoms with E-state index in [1.807, 2.05) is 0 Å². The number of carbonyl (C=O) groups is 2. The van der Waals surface area contributed by atoms with Crippen LogP contribution in [0.5, 0.6) is 0 Å². The molecule has 8 atom stereocenters. The van der Waals surface area contributed by atoms with Gasteiger partial charge in [0.2, 0.25) is 0 Å². The van der Waals surface area contributed by atoms with E-state index in [0.29, 0.717) is 17.1 Å². The van der Waals surface area contributed by atoms with Crippen LogP contribution in [0.2, 0.25) is 0 Å². The van der Waals surface area contributed by atoms with Crippen molar-refractivity contribution in [2.75, 3.05) is 0 Å². The van der Waals surface area contributed by atoms with Crippen molar-refractivity contribution >= 4 is 11.6 Å². The Hall–Kier alpha value is -1.18. The summed E-state index contributed by atoms with van der Waals surface area (Å²) in [6.45, 7) is 28.0. The third-order valence-electron chi connectivity index (χ3n) is 14.0. The Balaban J connectivity index is 2.00. The van der Waals surface area contributed by atoms with E-state index < -0.39 is 0 Å². The normalized spacial score (nSPS) is 18.3. The van der Waals surface area contributed by atoms with Gasteiger partial charge in [0.15, 0.2) is 11.6 Å². The van der Waals surface area contributed by atoms with Crippen LogP contribution in [0.4, 0.5) is 0 Å². The van der Waals surface area contributed by atoms with Gasteiger partial charge in [0.1, 0.15) is 0 Å². The first-order valence-corrected chi connectivity index (χ1v) is 24.6. The van der Waals surface area contributed by atoms with Crippen molar-refractivity contribution in [1.82, 2.24) is 0 Å². The Morgan fingerprint density at radius 1 is 0.345 bits per heavy atom. The van der Waals surface area contributed by atoms with Gasteiger partial charge in [-0.3, -0.25) is 9.59 Å². The van der Waals surface area contributed by atoms with Crippen LogP contribution in [0.1, 0.15) is 250 Å². The minimum Gasteiger partial charge on any atom is -0.290 e. The van der Waals surface area contributed by atoms with E-state index in [2.05, 4.69) is 69.2 Å². The van der Waals surface area contributed by atoms with Gasteiger partial charge in [0.05, 0.1) is 0 Å². The topological polar surface area (TPSA) is 34.1 Å². The van der Waals surface area contributed by atoms with Gasteiger partial charge in [-0.15, -0.1) is 0 Å². The second kappa shape index (κ2) is 30.8. The van der Waals surface area contributed by atoms with Crippen molar-refractivity contribution in [2.24, 2.45) is 53.3 Å². The van der Waals surface area contributed by atoms with Crippen molar-refractivity contribution in [3.63, 3.8) is 0 Å². The van der Waals surface area contributed by atoms with E-state index in [9.17, 15) is 9.59 Å². The van der Waals surface area contributed by atoms with Crippen LogP contribution in [-0.4, -0.2) is 11.6 Å². The Labute approximate surface area is 346 Å². The quantitative estimate of drug-likeness (QED) is 0.0602. The van der Waals surface area contributed by atoms with E-state index in [1.165, 1.54) is 154 Å². The zero-order chi connectivity index (χ0) is 41.2. The molecule has 0 amide bonds. The molecule has 2 heteroatoms. The molecule has 322 valence electrons. The predicted molar refractivity (Wildman–Crippen MR) is 245 cm³/mol. The van der Waals surface area contributed by atoms with Crippen LogP contribution in [0.25, 0.3) is 0 Å². The summed E-state index contributed by atoms with van der Waals surface area (Å²) < 4.78 is 0. The standard InChI is InChI=1S/C53H98O2/c1-40(2)21-13-22-41(3)23-14-24-42(4)25-15-26-43(5)27-16-28-44(6)29-17-30-45(7)31-18-32-46(8)33-19-34-47(9)35-20-36-48(10)37-38-51-39-52(54)49(11)50(12)53(51)55/h39-48H,13-38H2,1-12H3. The number of ketones is 2. The van der Waals surface area contributed by atoms with Crippen molar-refractivity contribution in [1.29, 1.82) is 0 Å². The fourth-order valence-corrected chi connectivity index (χ4v) is 9.25. The first-order valence-electron chi connectivity index (χ1n) is 24.6. The van der Waals surface area contributed by atoms with Gasteiger partial charge in [0, 0.05) is 16.7 Å². The number of Topliss-reactive ketones (excluding diaryl/α,β-unsaturated/α-hetero) is 1. The van der Waals surface area contributed by atoms with Gasteiger partial charge in [-0.1, -0.05) is 223 Å². The summed E-state index contributed by atoms with van der Waals surface area (Å²) in [6.07, 6.45) is 37.0. The second-order valence-electron chi connectivity index (χ2n) is 20.8. The molecule has 2 nitrogen and oxygen atoms in total. The summed E-state index contributed by atoms with van der Waals surface area (Å²) >= 11 is 0. The summed E-state index contributed by atoms with van der Waals surface area (Å²) in [4.78, 5) is 24.7. The molecule has 8 unspecified atom stereocenters. The number of rotatable bonds is 35. The summed E-state index contributed by atoms with van der Waals surface area (Å²) in [5, 5.41) is 0. The molecule has 0 saturated heterocycles. The van der Waals surface area contributed by atoms with Crippen LogP contribution in [0.15, 0.2) is 22.8 Å². The van der Waals surface area contributed by atoms with E-state index in [-0.39, 0.29) is 11.6 Å². The van der Waals surface area contributed by atoms with Crippen LogP contribution in [-0.2, 0) is 9.59 Å². The zero-order valence-electron chi connectivity index (χ0n) is 39.5. The lowest BCUT2D eigenvalue weighted by atomic mass is 9.86. The van der Waals surface area contributed by atoms with E-state index in [4.69, 9.17) is 0 Å². The minimum absolute atomic E-state index is 0.0164. The molecule has 0 N–H and O–H groups in total. The average molecular weight is 767 g/mol. The molecule has 0 bridgehead atoms. The number of allylic oxidation sites excluding steroid dienone is 4. The lowest BCUT2D eigenvalue weighted by Gasteiger charge is -2.18. The summed E-state index contributed by atoms with van der Waals surface area (Å²) in [5.74, 6) is 7.74. The van der Waals surface area contributed by atoms with Gasteiger partial charge >= 0.3 is 0 Å². The number of hydrogen-bond acceptors (Lipinski definition) is 2. The molecule has 1 rings (SSSR count). The molecule has 1 aliphatic rings. The SMILES string of the molecule is CC1=C(C)C(=O)C(CCC(C)CCCC(C)CCCC(C)CCCC(C)CCCC(C)CCCC(C)CCCC(C)CCCC(C)CCCC(C)C)=CC1=O. The van der Waals surface area contributed by atoms with Crippen molar-refractivity contribution < 1.29 is 9.59 Å². The maximum Gasteiger partial charge on any atom is 0.185 e. The molecule has 0 aromatic rings. The summed E-state index contributed by atoms with van der Waals surface area (Å²) in [7, 11) is 0. The maximum absolute atomic E-state index is 12.5. The van der Waals surface area contributed by atoms with E-state index >= 15 is 0 Å². The highest BCUT2D eigenvalue weighted by Gasteiger charge is 2.23. The molecule has 0 fully saturated rings. The number of carbonyl (C=O) groups excluding carboxylic acids is 2. The molecule has 0 aromatic heterocycles. The fraction of sp³-hybridized carbons (Fsp3) is 0.887. The number of hydrogen-bond donors (Lipinski definition) is 0. The largest absolute Gasteiger partial charge is 0.290 e. The Morgan fingerprint density at radius 2 is 0.582 bits per heavy atom. The van der Waals surface area contributed by atoms with Gasteiger partial charge in [-0.2, -0.15) is 0 Å². The third-order valence-corrected chi connectivity index (χ3v) is 14.0. The highest BCUT2D eigenvalue weighted by atomic mass is 16.1. The Morgan fingerprint density at radius 3 is 0.836 bits per heavy atom. The van der Waals surface area contributed by atoms with Crippen LogP contribution in [0, 0.1) is 53.3 Å². The lowest BCUT2D eigenvalue weighted by molar-refractivity contribution is -0.116. The molecule has 55 heavy (non-hydrogen) atoms. The molecular weight excluding hydrogens is 669 g/mol. The molecule has 0 heterocycles. The van der Waals surface area contributed by atoms with E-state index in [1.54, 1.807) is 19.9 Å². The second-order valence-corrected chi connectivity index (χ2v) is 20.8. The Bertz CT molecular complexity index is 1060. The molecular formula is C53H98O2. The monoisotopic (exact) mass is 767 g/mol. The van der Waals surface area contributed by atoms with Crippen LogP contribution < -0.4 is 0 Å². The van der Waals surface area contributed by atoms with E-state index in [0.717, 1.165) is 65.8 Å². The van der Waals surface area contributed by atoms with Gasteiger partial charge in [-0.25, -0.2) is 0 Å². The van der Waals surface area contributed by atoms with Crippen LogP contribution >= 0.6 is 0 Å². The third kappa shape index (κ3) is 26.4. The molecule has 0 spiro atoms. The molecule has 0 aromatic carbocycles. The molecule has 1 aliphatic carbocycles. The minimum atomic E-state index is 0.0164. The highest BCUT2D eigenvalue weighted by Crippen LogP contribution is 2.28. The van der Waals surface area contributed by atoms with Crippen molar-refractivity contribution in [2.45, 2.75) is 250 Å². The average Bonchev–Trinajstić information content (AvgIpc) is 3.11. The highest BCUT2D eigenvalue weighted by molar-refractivity contribution is 6.22. The van der Waals surface area contributed by atoms with Crippen molar-refractivity contribution in [3.8, 4) is 0 Å². The Kier molecular flexibility index (Phi) is 29.1. The van der Waals surface area contributed by atoms with Gasteiger partial charge < -0.3 is 0 Å². The van der Waals surface area contributed by atoms with Crippen molar-refractivity contribution in [3.05, 3.63) is 22.8 Å². The summed E-state index contributed by atoms with van der Waals surface area (Å²) in [5.41, 5.74) is 1.97.